The second kappa shape index (κ2) is 5.96. The molecule has 0 saturated heterocycles. The second-order valence-electron chi connectivity index (χ2n) is 4.51. The lowest BCUT2D eigenvalue weighted by Gasteiger charge is -2.28. The highest BCUT2D eigenvalue weighted by molar-refractivity contribution is 7.80. The van der Waals surface area contributed by atoms with Gasteiger partial charge in [-0.1, -0.05) is 44.3 Å². The number of carbonyl (C=O) groups is 1. The van der Waals surface area contributed by atoms with E-state index < -0.39 is 5.54 Å². The van der Waals surface area contributed by atoms with E-state index >= 15 is 0 Å². The van der Waals surface area contributed by atoms with E-state index in [-0.39, 0.29) is 5.91 Å². The van der Waals surface area contributed by atoms with Crippen LogP contribution in [0.4, 0.5) is 0 Å². The van der Waals surface area contributed by atoms with Gasteiger partial charge in [0.2, 0.25) is 0 Å². The molecule has 1 aromatic carbocycles. The quantitative estimate of drug-likeness (QED) is 0.803. The summed E-state index contributed by atoms with van der Waals surface area (Å²) in [5.74, 6) is -0.121. The predicted molar refractivity (Wildman–Crippen MR) is 78.8 cm³/mol. The van der Waals surface area contributed by atoms with Crippen LogP contribution >= 0.6 is 12.2 Å². The summed E-state index contributed by atoms with van der Waals surface area (Å²) in [6.07, 6.45) is 1.49. The lowest BCUT2D eigenvalue weighted by Crippen LogP contribution is -2.54. The molecule has 1 unspecified atom stereocenters. The summed E-state index contributed by atoms with van der Waals surface area (Å²) in [7, 11) is 0. The zero-order valence-electron chi connectivity index (χ0n) is 11.1. The molecule has 0 spiro atoms. The van der Waals surface area contributed by atoms with Crippen LogP contribution in [0.25, 0.3) is 0 Å². The van der Waals surface area contributed by atoms with Gasteiger partial charge in [-0.25, -0.2) is 0 Å². The van der Waals surface area contributed by atoms with Crippen LogP contribution in [0.3, 0.4) is 0 Å². The fourth-order valence-corrected chi connectivity index (χ4v) is 1.89. The smallest absolute Gasteiger partial charge is 0.252 e. The maximum atomic E-state index is 12.3. The molecule has 4 heteroatoms. The lowest BCUT2D eigenvalue weighted by atomic mass is 9.97. The molecule has 0 fully saturated rings. The summed E-state index contributed by atoms with van der Waals surface area (Å²) >= 11 is 5.02. The van der Waals surface area contributed by atoms with E-state index in [9.17, 15) is 4.79 Å². The van der Waals surface area contributed by atoms with Gasteiger partial charge in [0.25, 0.3) is 5.91 Å². The number of thiocarbonyl (C=S) groups is 1. The van der Waals surface area contributed by atoms with E-state index in [1.807, 2.05) is 45.0 Å². The highest BCUT2D eigenvalue weighted by Crippen LogP contribution is 2.14. The van der Waals surface area contributed by atoms with Gasteiger partial charge in [-0.05, 0) is 31.4 Å². The van der Waals surface area contributed by atoms with Gasteiger partial charge >= 0.3 is 0 Å². The normalized spacial score (nSPS) is 13.7. The molecule has 0 aromatic heterocycles. The summed E-state index contributed by atoms with van der Waals surface area (Å²) in [6, 6.07) is 7.57. The van der Waals surface area contributed by atoms with Crippen LogP contribution in [0.2, 0.25) is 0 Å². The van der Waals surface area contributed by atoms with Crippen molar-refractivity contribution in [1.29, 1.82) is 0 Å². The molecular formula is C14H20N2OS. The number of carbonyl (C=O) groups excluding carboxylic acids is 1. The Balaban J connectivity index is 2.98. The van der Waals surface area contributed by atoms with E-state index in [0.717, 1.165) is 12.0 Å². The number of benzene rings is 1. The third kappa shape index (κ3) is 3.07. The maximum Gasteiger partial charge on any atom is 0.252 e. The van der Waals surface area contributed by atoms with Gasteiger partial charge in [0, 0.05) is 5.56 Å². The number of amides is 1. The molecule has 0 aliphatic heterocycles. The summed E-state index contributed by atoms with van der Waals surface area (Å²) in [5, 5.41) is 2.93. The third-order valence-electron chi connectivity index (χ3n) is 3.28. The van der Waals surface area contributed by atoms with Gasteiger partial charge in [-0.2, -0.15) is 0 Å². The lowest BCUT2D eigenvalue weighted by molar-refractivity contribution is 0.0925. The van der Waals surface area contributed by atoms with Gasteiger partial charge in [0.05, 0.1) is 10.5 Å². The molecule has 3 nitrogen and oxygen atoms in total. The first-order valence-corrected chi connectivity index (χ1v) is 6.55. The fourth-order valence-electron chi connectivity index (χ4n) is 1.69. The summed E-state index contributed by atoms with van der Waals surface area (Å²) in [6.45, 7) is 5.83. The summed E-state index contributed by atoms with van der Waals surface area (Å²) in [5.41, 5.74) is 6.78. The Morgan fingerprint density at radius 1 is 1.39 bits per heavy atom. The van der Waals surface area contributed by atoms with Gasteiger partial charge in [0.15, 0.2) is 0 Å². The number of nitrogens with one attached hydrogen (secondary N) is 1. The standard InChI is InChI=1S/C14H20N2OS/c1-4-10-8-6-7-9-11(10)12(17)16-14(3,5-2)13(15)18/h6-9H,4-5H2,1-3H3,(H2,15,18)(H,16,17). The van der Waals surface area contributed by atoms with Crippen LogP contribution in [0.5, 0.6) is 0 Å². The largest absolute Gasteiger partial charge is 0.391 e. The van der Waals surface area contributed by atoms with E-state index in [1.54, 1.807) is 0 Å². The third-order valence-corrected chi connectivity index (χ3v) is 3.73. The number of aryl methyl sites for hydroxylation is 1. The van der Waals surface area contributed by atoms with Crippen LogP contribution in [-0.2, 0) is 6.42 Å². The Bertz CT molecular complexity index is 459. The maximum absolute atomic E-state index is 12.3. The van der Waals surface area contributed by atoms with Crippen molar-refractivity contribution in [3.63, 3.8) is 0 Å². The van der Waals surface area contributed by atoms with Gasteiger partial charge in [-0.3, -0.25) is 4.79 Å². The summed E-state index contributed by atoms with van der Waals surface area (Å²) < 4.78 is 0. The van der Waals surface area contributed by atoms with Crippen molar-refractivity contribution in [2.24, 2.45) is 5.73 Å². The first-order valence-electron chi connectivity index (χ1n) is 6.15. The Morgan fingerprint density at radius 3 is 2.50 bits per heavy atom. The predicted octanol–water partition coefficient (Wildman–Crippen LogP) is 2.43. The molecule has 0 radical (unpaired) electrons. The number of rotatable bonds is 5. The monoisotopic (exact) mass is 264 g/mol. The molecule has 18 heavy (non-hydrogen) atoms. The van der Waals surface area contributed by atoms with Crippen molar-refractivity contribution in [1.82, 2.24) is 5.32 Å². The van der Waals surface area contributed by atoms with Crippen LogP contribution in [-0.4, -0.2) is 16.4 Å². The highest BCUT2D eigenvalue weighted by Gasteiger charge is 2.28. The van der Waals surface area contributed by atoms with Gasteiger partial charge in [0.1, 0.15) is 0 Å². The van der Waals surface area contributed by atoms with Crippen molar-refractivity contribution < 1.29 is 4.79 Å². The molecule has 0 aliphatic rings. The summed E-state index contributed by atoms with van der Waals surface area (Å²) in [4.78, 5) is 12.6. The number of hydrogen-bond donors (Lipinski definition) is 2. The first kappa shape index (κ1) is 14.6. The average Bonchev–Trinajstić information content (AvgIpc) is 2.38. The molecule has 1 aromatic rings. The molecule has 1 atom stereocenters. The van der Waals surface area contributed by atoms with Gasteiger partial charge in [-0.15, -0.1) is 0 Å². The molecule has 0 heterocycles. The molecule has 1 rings (SSSR count). The van der Waals surface area contributed by atoms with Crippen molar-refractivity contribution in [3.8, 4) is 0 Å². The molecule has 3 N–H and O–H groups in total. The van der Waals surface area contributed by atoms with Gasteiger partial charge < -0.3 is 11.1 Å². The Hall–Kier alpha value is -1.42. The van der Waals surface area contributed by atoms with Crippen LogP contribution < -0.4 is 11.1 Å². The Labute approximate surface area is 114 Å². The second-order valence-corrected chi connectivity index (χ2v) is 4.95. The average molecular weight is 264 g/mol. The fraction of sp³-hybridized carbons (Fsp3) is 0.429. The Morgan fingerprint density at radius 2 is 2.00 bits per heavy atom. The van der Waals surface area contributed by atoms with Crippen LogP contribution in [0.15, 0.2) is 24.3 Å². The van der Waals surface area contributed by atoms with Crippen LogP contribution in [0.1, 0.15) is 43.1 Å². The Kier molecular flexibility index (Phi) is 4.84. The minimum absolute atomic E-state index is 0.121. The molecule has 1 amide bonds. The van der Waals surface area contributed by atoms with E-state index in [4.69, 9.17) is 18.0 Å². The number of hydrogen-bond acceptors (Lipinski definition) is 2. The first-order chi connectivity index (χ1) is 8.44. The highest BCUT2D eigenvalue weighted by atomic mass is 32.1. The SMILES string of the molecule is CCc1ccccc1C(=O)NC(C)(CC)C(N)=S. The minimum Gasteiger partial charge on any atom is -0.391 e. The van der Waals surface area contributed by atoms with Crippen molar-refractivity contribution in [3.05, 3.63) is 35.4 Å². The molecular weight excluding hydrogens is 244 g/mol. The van der Waals surface area contributed by atoms with Crippen molar-refractivity contribution >= 4 is 23.1 Å². The van der Waals surface area contributed by atoms with E-state index in [2.05, 4.69) is 5.32 Å². The molecule has 98 valence electrons. The topological polar surface area (TPSA) is 55.1 Å². The van der Waals surface area contributed by atoms with Crippen molar-refractivity contribution in [2.45, 2.75) is 39.2 Å². The van der Waals surface area contributed by atoms with Crippen molar-refractivity contribution in [2.75, 3.05) is 0 Å². The number of nitrogens with two attached hydrogens (primary N) is 1. The minimum atomic E-state index is -0.632. The zero-order chi connectivity index (χ0) is 13.8. The zero-order valence-corrected chi connectivity index (χ0v) is 11.9. The van der Waals surface area contributed by atoms with E-state index in [1.165, 1.54) is 0 Å². The van der Waals surface area contributed by atoms with Crippen LogP contribution in [0, 0.1) is 0 Å². The molecule has 0 bridgehead atoms. The van der Waals surface area contributed by atoms with E-state index in [0.29, 0.717) is 17.0 Å². The molecule has 0 aliphatic carbocycles. The molecule has 0 saturated carbocycles.